The number of methoxy groups -OCH3 is 1. The lowest BCUT2D eigenvalue weighted by molar-refractivity contribution is -0.145. The van der Waals surface area contributed by atoms with E-state index in [0.29, 0.717) is 5.75 Å². The van der Waals surface area contributed by atoms with Crippen LogP contribution in [0.2, 0.25) is 0 Å². The van der Waals surface area contributed by atoms with Gasteiger partial charge in [0.25, 0.3) is 0 Å². The van der Waals surface area contributed by atoms with Gasteiger partial charge in [0, 0.05) is 6.42 Å². The molecule has 0 heterocycles. The van der Waals surface area contributed by atoms with Crippen molar-refractivity contribution in [3.05, 3.63) is 84.4 Å². The SMILES string of the molecule is COc1ccc(C[C@@H](Oc2ccc(-c3ccccc3)cc2)C(=O)O)cc1. The van der Waals surface area contributed by atoms with Crippen LogP contribution in [0.15, 0.2) is 78.9 Å². The Labute approximate surface area is 152 Å². The molecule has 0 amide bonds. The molecule has 4 nitrogen and oxygen atoms in total. The van der Waals surface area contributed by atoms with Gasteiger partial charge < -0.3 is 14.6 Å². The maximum atomic E-state index is 11.6. The molecule has 3 aromatic carbocycles. The van der Waals surface area contributed by atoms with E-state index >= 15 is 0 Å². The first kappa shape index (κ1) is 17.5. The molecule has 3 rings (SSSR count). The lowest BCUT2D eigenvalue weighted by atomic mass is 10.1. The number of aliphatic carboxylic acids is 1. The van der Waals surface area contributed by atoms with Gasteiger partial charge in [0.15, 0.2) is 6.10 Å². The molecule has 0 saturated heterocycles. The quantitative estimate of drug-likeness (QED) is 0.686. The fourth-order valence-electron chi connectivity index (χ4n) is 2.68. The van der Waals surface area contributed by atoms with Crippen LogP contribution in [-0.2, 0) is 11.2 Å². The summed E-state index contributed by atoms with van der Waals surface area (Å²) in [6, 6.07) is 24.7. The van der Waals surface area contributed by atoms with Gasteiger partial charge in [-0.15, -0.1) is 0 Å². The zero-order chi connectivity index (χ0) is 18.4. The molecule has 0 aliphatic rings. The minimum Gasteiger partial charge on any atom is -0.497 e. The van der Waals surface area contributed by atoms with E-state index in [4.69, 9.17) is 9.47 Å². The third kappa shape index (κ3) is 4.42. The van der Waals surface area contributed by atoms with Crippen molar-refractivity contribution in [2.45, 2.75) is 12.5 Å². The summed E-state index contributed by atoms with van der Waals surface area (Å²) in [7, 11) is 1.59. The Kier molecular flexibility index (Phi) is 5.54. The normalized spacial score (nSPS) is 11.6. The van der Waals surface area contributed by atoms with Crippen LogP contribution in [0.1, 0.15) is 5.56 Å². The van der Waals surface area contributed by atoms with E-state index in [1.807, 2.05) is 66.7 Å². The summed E-state index contributed by atoms with van der Waals surface area (Å²) in [5.74, 6) is 0.275. The van der Waals surface area contributed by atoms with Crippen molar-refractivity contribution in [1.82, 2.24) is 0 Å². The van der Waals surface area contributed by atoms with Gasteiger partial charge in [0.05, 0.1) is 7.11 Å². The molecule has 0 aliphatic heterocycles. The molecule has 3 aromatic rings. The third-order valence-electron chi connectivity index (χ3n) is 4.10. The number of carboxylic acid groups (broad SMARTS) is 1. The Bertz CT molecular complexity index is 840. The topological polar surface area (TPSA) is 55.8 Å². The van der Waals surface area contributed by atoms with Gasteiger partial charge in [0.1, 0.15) is 11.5 Å². The smallest absolute Gasteiger partial charge is 0.345 e. The standard InChI is InChI=1S/C22H20O4/c1-25-19-11-7-16(8-12-19)15-21(22(23)24)26-20-13-9-18(10-14-20)17-5-3-2-4-6-17/h2-14,21H,15H2,1H3,(H,23,24)/t21-/m1/s1. The molecule has 26 heavy (non-hydrogen) atoms. The number of carbonyl (C=O) groups is 1. The molecule has 0 unspecified atom stereocenters. The lowest BCUT2D eigenvalue weighted by Crippen LogP contribution is -2.29. The highest BCUT2D eigenvalue weighted by Gasteiger charge is 2.20. The predicted octanol–water partition coefficient (Wildman–Crippen LogP) is 4.44. The van der Waals surface area contributed by atoms with E-state index in [2.05, 4.69) is 0 Å². The minimum absolute atomic E-state index is 0.278. The van der Waals surface area contributed by atoms with Gasteiger partial charge in [-0.1, -0.05) is 54.6 Å². The molecular weight excluding hydrogens is 328 g/mol. The van der Waals surface area contributed by atoms with Crippen LogP contribution in [-0.4, -0.2) is 24.3 Å². The number of rotatable bonds is 7. The van der Waals surface area contributed by atoms with Crippen LogP contribution >= 0.6 is 0 Å². The van der Waals surface area contributed by atoms with Crippen molar-refractivity contribution < 1.29 is 19.4 Å². The lowest BCUT2D eigenvalue weighted by Gasteiger charge is -2.16. The van der Waals surface area contributed by atoms with Crippen molar-refractivity contribution in [2.24, 2.45) is 0 Å². The second-order valence-electron chi connectivity index (χ2n) is 5.89. The summed E-state index contributed by atoms with van der Waals surface area (Å²) in [5, 5.41) is 9.48. The number of hydrogen-bond donors (Lipinski definition) is 1. The zero-order valence-corrected chi connectivity index (χ0v) is 14.5. The van der Waals surface area contributed by atoms with Gasteiger partial charge in [-0.3, -0.25) is 0 Å². The van der Waals surface area contributed by atoms with E-state index in [-0.39, 0.29) is 6.42 Å². The second-order valence-corrected chi connectivity index (χ2v) is 5.89. The molecule has 0 radical (unpaired) electrons. The van der Waals surface area contributed by atoms with Crippen LogP contribution in [0, 0.1) is 0 Å². The van der Waals surface area contributed by atoms with Gasteiger partial charge in [-0.05, 0) is 41.0 Å². The van der Waals surface area contributed by atoms with Crippen LogP contribution in [0.5, 0.6) is 11.5 Å². The van der Waals surface area contributed by atoms with Gasteiger partial charge >= 0.3 is 5.97 Å². The second kappa shape index (κ2) is 8.21. The van der Waals surface area contributed by atoms with Crippen molar-refractivity contribution in [3.63, 3.8) is 0 Å². The van der Waals surface area contributed by atoms with Gasteiger partial charge in [-0.25, -0.2) is 4.79 Å². The summed E-state index contributed by atoms with van der Waals surface area (Å²) >= 11 is 0. The average Bonchev–Trinajstić information content (AvgIpc) is 2.69. The summed E-state index contributed by atoms with van der Waals surface area (Å²) in [6.45, 7) is 0. The first-order chi connectivity index (χ1) is 12.7. The third-order valence-corrected chi connectivity index (χ3v) is 4.10. The Morgan fingerprint density at radius 2 is 1.42 bits per heavy atom. The molecule has 0 aromatic heterocycles. The number of carboxylic acids is 1. The fraction of sp³-hybridized carbons (Fsp3) is 0.136. The fourth-order valence-corrected chi connectivity index (χ4v) is 2.68. The Balaban J connectivity index is 1.70. The van der Waals surface area contributed by atoms with Crippen molar-refractivity contribution >= 4 is 5.97 Å². The number of benzene rings is 3. The molecule has 0 bridgehead atoms. The molecule has 1 atom stereocenters. The maximum Gasteiger partial charge on any atom is 0.345 e. The molecule has 4 heteroatoms. The highest BCUT2D eigenvalue weighted by Crippen LogP contribution is 2.23. The first-order valence-electron chi connectivity index (χ1n) is 8.33. The first-order valence-corrected chi connectivity index (χ1v) is 8.33. The van der Waals surface area contributed by atoms with Crippen molar-refractivity contribution in [3.8, 4) is 22.6 Å². The van der Waals surface area contributed by atoms with Gasteiger partial charge in [-0.2, -0.15) is 0 Å². The predicted molar refractivity (Wildman–Crippen MR) is 101 cm³/mol. The summed E-state index contributed by atoms with van der Waals surface area (Å²) < 4.78 is 10.8. The van der Waals surface area contributed by atoms with Gasteiger partial charge in [0.2, 0.25) is 0 Å². The minimum atomic E-state index is -0.993. The summed E-state index contributed by atoms with van der Waals surface area (Å²) in [6.07, 6.45) is -0.675. The van der Waals surface area contributed by atoms with Crippen LogP contribution in [0.3, 0.4) is 0 Å². The highest BCUT2D eigenvalue weighted by molar-refractivity contribution is 5.73. The van der Waals surface area contributed by atoms with Crippen LogP contribution < -0.4 is 9.47 Å². The molecule has 0 fully saturated rings. The van der Waals surface area contributed by atoms with E-state index in [1.165, 1.54) is 0 Å². The van der Waals surface area contributed by atoms with E-state index in [0.717, 1.165) is 22.4 Å². The highest BCUT2D eigenvalue weighted by atomic mass is 16.5. The number of ether oxygens (including phenoxy) is 2. The largest absolute Gasteiger partial charge is 0.497 e. The molecule has 0 spiro atoms. The van der Waals surface area contributed by atoms with E-state index in [1.54, 1.807) is 19.2 Å². The Morgan fingerprint density at radius 3 is 2.00 bits per heavy atom. The van der Waals surface area contributed by atoms with Crippen LogP contribution in [0.25, 0.3) is 11.1 Å². The maximum absolute atomic E-state index is 11.6. The van der Waals surface area contributed by atoms with Crippen molar-refractivity contribution in [2.75, 3.05) is 7.11 Å². The van der Waals surface area contributed by atoms with E-state index < -0.39 is 12.1 Å². The molecule has 0 saturated carbocycles. The summed E-state index contributed by atoms with van der Waals surface area (Å²) in [4.78, 5) is 11.6. The molecule has 1 N–H and O–H groups in total. The van der Waals surface area contributed by atoms with Crippen molar-refractivity contribution in [1.29, 1.82) is 0 Å². The Hall–Kier alpha value is -3.27. The number of hydrogen-bond acceptors (Lipinski definition) is 3. The van der Waals surface area contributed by atoms with E-state index in [9.17, 15) is 9.90 Å². The molecular formula is C22H20O4. The average molecular weight is 348 g/mol. The summed E-state index contributed by atoms with van der Waals surface area (Å²) in [5.41, 5.74) is 3.03. The van der Waals surface area contributed by atoms with Crippen LogP contribution in [0.4, 0.5) is 0 Å². The molecule has 132 valence electrons. The Morgan fingerprint density at radius 1 is 0.846 bits per heavy atom. The monoisotopic (exact) mass is 348 g/mol. The molecule has 0 aliphatic carbocycles. The zero-order valence-electron chi connectivity index (χ0n) is 14.5.